The lowest BCUT2D eigenvalue weighted by atomic mass is 10.1. The molecule has 1 amide bonds. The molecule has 0 heterocycles. The first-order valence-electron chi connectivity index (χ1n) is 6.56. The molecule has 0 aromatic heterocycles. The van der Waals surface area contributed by atoms with Crippen LogP contribution in [0, 0.1) is 0 Å². The fourth-order valence-electron chi connectivity index (χ4n) is 1.44. The summed E-state index contributed by atoms with van der Waals surface area (Å²) in [4.78, 5) is 14.5. The van der Waals surface area contributed by atoms with Crippen LogP contribution in [-0.4, -0.2) is 80.2 Å². The first-order valence-corrected chi connectivity index (χ1v) is 6.56. The third-order valence-corrected chi connectivity index (χ3v) is 2.55. The summed E-state index contributed by atoms with van der Waals surface area (Å²) in [7, 11) is 3.99. The van der Waals surface area contributed by atoms with Crippen molar-refractivity contribution in [1.82, 2.24) is 9.80 Å². The first-order chi connectivity index (χ1) is 8.75. The highest BCUT2D eigenvalue weighted by Crippen LogP contribution is 2.12. The zero-order valence-electron chi connectivity index (χ0n) is 12.8. The number of likely N-dealkylation sites (N-methyl/N-ethyl adjacent to an activating group) is 1. The minimum atomic E-state index is -0.918. The Balaban J connectivity index is 3.60. The van der Waals surface area contributed by atoms with Crippen molar-refractivity contribution in [3.05, 3.63) is 0 Å². The maximum atomic E-state index is 11.1. The molecule has 6 heteroatoms. The Morgan fingerprint density at radius 2 is 1.47 bits per heavy atom. The van der Waals surface area contributed by atoms with Gasteiger partial charge in [-0.1, -0.05) is 0 Å². The predicted octanol–water partition coefficient (Wildman–Crippen LogP) is 1.36. The van der Waals surface area contributed by atoms with Gasteiger partial charge in [-0.2, -0.15) is 0 Å². The van der Waals surface area contributed by atoms with Gasteiger partial charge in [0.15, 0.2) is 0 Å². The Bertz CT molecular complexity index is 252. The molecule has 0 aromatic carbocycles. The quantitative estimate of drug-likeness (QED) is 0.644. The van der Waals surface area contributed by atoms with Crippen LogP contribution in [0.4, 0.5) is 4.79 Å². The molecule has 0 rings (SSSR count). The van der Waals surface area contributed by atoms with E-state index in [4.69, 9.17) is 14.6 Å². The van der Waals surface area contributed by atoms with Crippen molar-refractivity contribution in [3.63, 3.8) is 0 Å². The van der Waals surface area contributed by atoms with Crippen molar-refractivity contribution >= 4 is 6.09 Å². The van der Waals surface area contributed by atoms with Crippen molar-refractivity contribution < 1.29 is 19.4 Å². The average molecular weight is 276 g/mol. The van der Waals surface area contributed by atoms with E-state index in [1.54, 1.807) is 0 Å². The second-order valence-electron chi connectivity index (χ2n) is 5.63. The SMILES string of the molecule is CN(C)CCOCCOCCN(C(=O)O)C(C)(C)C. The molecule has 0 fully saturated rings. The standard InChI is InChI=1S/C13H28N2O4/c1-13(2,3)15(12(16)17)7-9-19-11-10-18-8-6-14(4)5/h6-11H2,1-5H3,(H,16,17). The summed E-state index contributed by atoms with van der Waals surface area (Å²) in [6, 6.07) is 0. The summed E-state index contributed by atoms with van der Waals surface area (Å²) in [6.45, 7) is 8.96. The van der Waals surface area contributed by atoms with Gasteiger partial charge >= 0.3 is 6.09 Å². The number of hydrogen-bond donors (Lipinski definition) is 1. The highest BCUT2D eigenvalue weighted by molar-refractivity contribution is 5.65. The molecule has 0 bridgehead atoms. The van der Waals surface area contributed by atoms with E-state index in [1.165, 1.54) is 4.90 Å². The molecular formula is C13H28N2O4. The molecule has 0 aliphatic rings. The van der Waals surface area contributed by atoms with Crippen molar-refractivity contribution in [1.29, 1.82) is 0 Å². The molecule has 0 saturated heterocycles. The Labute approximate surface area is 116 Å². The third-order valence-electron chi connectivity index (χ3n) is 2.55. The summed E-state index contributed by atoms with van der Waals surface area (Å²) in [5.41, 5.74) is -0.405. The van der Waals surface area contributed by atoms with Crippen LogP contribution < -0.4 is 0 Å². The predicted molar refractivity (Wildman–Crippen MR) is 74.7 cm³/mol. The average Bonchev–Trinajstić information content (AvgIpc) is 2.24. The molecule has 6 nitrogen and oxygen atoms in total. The van der Waals surface area contributed by atoms with E-state index in [0.29, 0.717) is 33.0 Å². The molecule has 0 saturated carbocycles. The van der Waals surface area contributed by atoms with Crippen molar-refractivity contribution in [2.75, 3.05) is 53.6 Å². The van der Waals surface area contributed by atoms with E-state index in [-0.39, 0.29) is 0 Å². The number of hydrogen-bond acceptors (Lipinski definition) is 4. The van der Waals surface area contributed by atoms with E-state index < -0.39 is 11.6 Å². The molecule has 0 atom stereocenters. The Morgan fingerprint density at radius 3 is 1.84 bits per heavy atom. The van der Waals surface area contributed by atoms with E-state index in [0.717, 1.165) is 6.54 Å². The molecule has 0 aliphatic heterocycles. The lowest BCUT2D eigenvalue weighted by Gasteiger charge is -2.32. The highest BCUT2D eigenvalue weighted by atomic mass is 16.5. The van der Waals surface area contributed by atoms with Crippen LogP contribution in [0.1, 0.15) is 20.8 Å². The Hall–Kier alpha value is -0.850. The van der Waals surface area contributed by atoms with Crippen LogP contribution in [0.15, 0.2) is 0 Å². The molecule has 114 valence electrons. The zero-order valence-corrected chi connectivity index (χ0v) is 12.8. The number of carboxylic acid groups (broad SMARTS) is 1. The summed E-state index contributed by atoms with van der Waals surface area (Å²) in [5.74, 6) is 0. The van der Waals surface area contributed by atoms with Gasteiger partial charge in [-0.25, -0.2) is 4.79 Å². The number of nitrogens with zero attached hydrogens (tertiary/aromatic N) is 2. The molecule has 0 unspecified atom stereocenters. The molecule has 1 N–H and O–H groups in total. The Morgan fingerprint density at radius 1 is 1.00 bits per heavy atom. The molecule has 0 spiro atoms. The lowest BCUT2D eigenvalue weighted by Crippen LogP contribution is -2.46. The number of ether oxygens (including phenoxy) is 2. The largest absolute Gasteiger partial charge is 0.465 e. The number of rotatable bonds is 9. The molecule has 19 heavy (non-hydrogen) atoms. The van der Waals surface area contributed by atoms with Crippen LogP contribution in [0.3, 0.4) is 0 Å². The second kappa shape index (κ2) is 9.12. The van der Waals surface area contributed by atoms with Gasteiger partial charge in [0.25, 0.3) is 0 Å². The summed E-state index contributed by atoms with van der Waals surface area (Å²) >= 11 is 0. The van der Waals surface area contributed by atoms with Gasteiger partial charge in [-0.05, 0) is 34.9 Å². The lowest BCUT2D eigenvalue weighted by molar-refractivity contribution is 0.0247. The van der Waals surface area contributed by atoms with E-state index >= 15 is 0 Å². The topological polar surface area (TPSA) is 62.2 Å². The summed E-state index contributed by atoms with van der Waals surface area (Å²) < 4.78 is 10.7. The van der Waals surface area contributed by atoms with Crippen LogP contribution in [0.25, 0.3) is 0 Å². The van der Waals surface area contributed by atoms with Crippen LogP contribution in [0.2, 0.25) is 0 Å². The highest BCUT2D eigenvalue weighted by Gasteiger charge is 2.25. The minimum absolute atomic E-state index is 0.372. The van der Waals surface area contributed by atoms with Gasteiger partial charge in [0.2, 0.25) is 0 Å². The van der Waals surface area contributed by atoms with Gasteiger partial charge in [0, 0.05) is 18.6 Å². The summed E-state index contributed by atoms with van der Waals surface area (Å²) in [5, 5.41) is 9.07. The van der Waals surface area contributed by atoms with E-state index in [2.05, 4.69) is 4.90 Å². The monoisotopic (exact) mass is 276 g/mol. The van der Waals surface area contributed by atoms with Gasteiger partial charge in [-0.3, -0.25) is 0 Å². The summed E-state index contributed by atoms with van der Waals surface area (Å²) in [6.07, 6.45) is -0.918. The van der Waals surface area contributed by atoms with Crippen LogP contribution in [-0.2, 0) is 9.47 Å². The third kappa shape index (κ3) is 9.69. The fourth-order valence-corrected chi connectivity index (χ4v) is 1.44. The van der Waals surface area contributed by atoms with Gasteiger partial charge < -0.3 is 24.4 Å². The van der Waals surface area contributed by atoms with Crippen molar-refractivity contribution in [3.8, 4) is 0 Å². The molecule has 0 aliphatic carbocycles. The van der Waals surface area contributed by atoms with Crippen LogP contribution >= 0.6 is 0 Å². The fraction of sp³-hybridized carbons (Fsp3) is 0.923. The number of carbonyl (C=O) groups is 1. The van der Waals surface area contributed by atoms with Gasteiger partial charge in [-0.15, -0.1) is 0 Å². The zero-order chi connectivity index (χ0) is 14.9. The molecule has 0 radical (unpaired) electrons. The van der Waals surface area contributed by atoms with Gasteiger partial charge in [0.05, 0.1) is 26.4 Å². The van der Waals surface area contributed by atoms with Crippen molar-refractivity contribution in [2.45, 2.75) is 26.3 Å². The van der Waals surface area contributed by atoms with E-state index in [1.807, 2.05) is 34.9 Å². The van der Waals surface area contributed by atoms with Crippen molar-refractivity contribution in [2.24, 2.45) is 0 Å². The Kier molecular flexibility index (Phi) is 8.71. The molecular weight excluding hydrogens is 248 g/mol. The smallest absolute Gasteiger partial charge is 0.407 e. The molecule has 0 aromatic rings. The second-order valence-corrected chi connectivity index (χ2v) is 5.63. The minimum Gasteiger partial charge on any atom is -0.465 e. The van der Waals surface area contributed by atoms with Gasteiger partial charge in [0.1, 0.15) is 0 Å². The number of amides is 1. The maximum absolute atomic E-state index is 11.1. The normalized spacial score (nSPS) is 11.9. The van der Waals surface area contributed by atoms with Crippen LogP contribution in [0.5, 0.6) is 0 Å². The van der Waals surface area contributed by atoms with E-state index in [9.17, 15) is 4.79 Å². The first kappa shape index (κ1) is 18.1. The maximum Gasteiger partial charge on any atom is 0.407 e.